The van der Waals surface area contributed by atoms with Gasteiger partial charge in [-0.2, -0.15) is 11.8 Å². The van der Waals surface area contributed by atoms with Gasteiger partial charge in [0.25, 0.3) is 0 Å². The number of benzene rings is 2. The summed E-state index contributed by atoms with van der Waals surface area (Å²) < 4.78 is 31.2. The molecule has 35 heavy (non-hydrogen) atoms. The van der Waals surface area contributed by atoms with E-state index in [2.05, 4.69) is 5.32 Å². The maximum absolute atomic E-state index is 14.9. The number of thioether (sulfide) groups is 1. The number of ether oxygens (including phenoxy) is 3. The molecule has 0 spiro atoms. The standard InChI is InChI=1S/C25H25FN2O6S/c1-32-24(31)25(9-12-35-2)20-19(21(27-25)15-5-3-4-6-16(15)26)22(29)28(23(20)30)14-7-8-17-18(13-14)34-11-10-33-17/h3-8,13,19-21,27H,9-12H2,1-2H3/t19-,20-,21-,25-/m1/s1. The number of hydrogen-bond acceptors (Lipinski definition) is 8. The summed E-state index contributed by atoms with van der Waals surface area (Å²) in [5.74, 6) is -2.78. The minimum atomic E-state index is -1.48. The molecule has 2 aromatic carbocycles. The fourth-order valence-electron chi connectivity index (χ4n) is 5.39. The zero-order valence-corrected chi connectivity index (χ0v) is 20.1. The summed E-state index contributed by atoms with van der Waals surface area (Å²) in [5, 5.41) is 3.19. The fraction of sp³-hybridized carbons (Fsp3) is 0.400. The Morgan fingerprint density at radius 1 is 1.17 bits per heavy atom. The number of carbonyl (C=O) groups is 3. The second-order valence-corrected chi connectivity index (χ2v) is 9.68. The summed E-state index contributed by atoms with van der Waals surface area (Å²) in [5.41, 5.74) is -0.942. The molecule has 2 aromatic rings. The highest BCUT2D eigenvalue weighted by Crippen LogP contribution is 2.52. The van der Waals surface area contributed by atoms with Crippen molar-refractivity contribution in [3.63, 3.8) is 0 Å². The molecular formula is C25H25FN2O6S. The van der Waals surface area contributed by atoms with Crippen molar-refractivity contribution in [1.29, 1.82) is 0 Å². The van der Waals surface area contributed by atoms with E-state index in [0.717, 1.165) is 4.90 Å². The van der Waals surface area contributed by atoms with E-state index in [0.29, 0.717) is 36.2 Å². The van der Waals surface area contributed by atoms with Crippen LogP contribution < -0.4 is 19.7 Å². The highest BCUT2D eigenvalue weighted by atomic mass is 32.2. The van der Waals surface area contributed by atoms with Crippen molar-refractivity contribution in [3.05, 3.63) is 53.8 Å². The summed E-state index contributed by atoms with van der Waals surface area (Å²) in [4.78, 5) is 42.1. The number of fused-ring (bicyclic) bond motifs is 2. The molecule has 0 aliphatic carbocycles. The van der Waals surface area contributed by atoms with Gasteiger partial charge in [-0.05, 0) is 36.6 Å². The molecule has 0 radical (unpaired) electrons. The van der Waals surface area contributed by atoms with Crippen molar-refractivity contribution >= 4 is 35.2 Å². The first-order valence-electron chi connectivity index (χ1n) is 11.3. The van der Waals surface area contributed by atoms with Crippen LogP contribution in [0.3, 0.4) is 0 Å². The number of esters is 1. The molecule has 2 amide bonds. The monoisotopic (exact) mass is 500 g/mol. The molecule has 0 unspecified atom stereocenters. The van der Waals surface area contributed by atoms with Crippen LogP contribution >= 0.6 is 11.8 Å². The maximum atomic E-state index is 14.9. The lowest BCUT2D eigenvalue weighted by atomic mass is 9.78. The molecule has 3 heterocycles. The molecule has 5 rings (SSSR count). The lowest BCUT2D eigenvalue weighted by Crippen LogP contribution is -2.56. The fourth-order valence-corrected chi connectivity index (χ4v) is 5.91. The maximum Gasteiger partial charge on any atom is 0.326 e. The van der Waals surface area contributed by atoms with Gasteiger partial charge < -0.3 is 14.2 Å². The Kier molecular flexibility index (Phi) is 6.18. The van der Waals surface area contributed by atoms with Crippen molar-refractivity contribution in [1.82, 2.24) is 5.32 Å². The van der Waals surface area contributed by atoms with E-state index in [-0.39, 0.29) is 12.0 Å². The molecule has 184 valence electrons. The third-order valence-corrected chi connectivity index (χ3v) is 7.54. The molecule has 4 atom stereocenters. The Balaban J connectivity index is 1.63. The van der Waals surface area contributed by atoms with Gasteiger partial charge in [0.15, 0.2) is 11.5 Å². The van der Waals surface area contributed by atoms with Gasteiger partial charge in [-0.25, -0.2) is 9.29 Å². The molecule has 2 saturated heterocycles. The molecule has 8 nitrogen and oxygen atoms in total. The topological polar surface area (TPSA) is 94.2 Å². The quantitative estimate of drug-likeness (QED) is 0.478. The van der Waals surface area contributed by atoms with Gasteiger partial charge in [-0.15, -0.1) is 0 Å². The SMILES string of the molecule is COC(=O)[C@]1(CCSC)N[C@H](c2ccccc2F)[C@@H]2C(=O)N(c3ccc4c(c3)OCCO4)C(=O)[C@@H]21. The van der Waals surface area contributed by atoms with E-state index in [4.69, 9.17) is 14.2 Å². The van der Waals surface area contributed by atoms with E-state index in [9.17, 15) is 18.8 Å². The number of anilines is 1. The van der Waals surface area contributed by atoms with Crippen molar-refractivity contribution in [2.75, 3.05) is 37.2 Å². The Hall–Kier alpha value is -3.11. The second kappa shape index (κ2) is 9.16. The number of nitrogens with zero attached hydrogens (tertiary/aromatic N) is 1. The van der Waals surface area contributed by atoms with Crippen LogP contribution in [0, 0.1) is 17.7 Å². The minimum absolute atomic E-state index is 0.225. The first-order chi connectivity index (χ1) is 16.9. The number of halogens is 1. The van der Waals surface area contributed by atoms with Gasteiger partial charge in [-0.1, -0.05) is 18.2 Å². The molecule has 0 bridgehead atoms. The molecule has 3 aliphatic rings. The third-order valence-electron chi connectivity index (χ3n) is 6.93. The summed E-state index contributed by atoms with van der Waals surface area (Å²) in [7, 11) is 1.25. The lowest BCUT2D eigenvalue weighted by Gasteiger charge is -2.32. The van der Waals surface area contributed by atoms with E-state index < -0.39 is 47.0 Å². The van der Waals surface area contributed by atoms with Gasteiger partial charge in [0.05, 0.1) is 24.6 Å². The van der Waals surface area contributed by atoms with Crippen LogP contribution in [0.4, 0.5) is 10.1 Å². The highest BCUT2D eigenvalue weighted by Gasteiger charge is 2.69. The lowest BCUT2D eigenvalue weighted by molar-refractivity contribution is -0.152. The van der Waals surface area contributed by atoms with E-state index in [1.165, 1.54) is 24.9 Å². The van der Waals surface area contributed by atoms with E-state index >= 15 is 0 Å². The van der Waals surface area contributed by atoms with Gasteiger partial charge >= 0.3 is 5.97 Å². The van der Waals surface area contributed by atoms with Gasteiger partial charge in [-0.3, -0.25) is 19.7 Å². The van der Waals surface area contributed by atoms with Gasteiger partial charge in [0.2, 0.25) is 11.8 Å². The zero-order chi connectivity index (χ0) is 24.7. The first-order valence-corrected chi connectivity index (χ1v) is 12.7. The number of carbonyl (C=O) groups excluding carboxylic acids is 3. The summed E-state index contributed by atoms with van der Waals surface area (Å²) in [6, 6.07) is 10.0. The van der Waals surface area contributed by atoms with Crippen molar-refractivity contribution < 1.29 is 33.0 Å². The second-order valence-electron chi connectivity index (χ2n) is 8.69. The van der Waals surface area contributed by atoms with Crippen molar-refractivity contribution in [2.45, 2.75) is 18.0 Å². The van der Waals surface area contributed by atoms with Crippen LogP contribution in [-0.2, 0) is 19.1 Å². The Morgan fingerprint density at radius 3 is 2.63 bits per heavy atom. The van der Waals surface area contributed by atoms with Crippen LogP contribution in [0.2, 0.25) is 0 Å². The molecular weight excluding hydrogens is 475 g/mol. The average Bonchev–Trinajstić information content (AvgIpc) is 3.36. The predicted octanol–water partition coefficient (Wildman–Crippen LogP) is 2.71. The van der Waals surface area contributed by atoms with Crippen LogP contribution in [0.1, 0.15) is 18.0 Å². The minimum Gasteiger partial charge on any atom is -0.486 e. The number of imide groups is 1. The average molecular weight is 501 g/mol. The highest BCUT2D eigenvalue weighted by molar-refractivity contribution is 7.98. The number of hydrogen-bond donors (Lipinski definition) is 1. The Morgan fingerprint density at radius 2 is 1.91 bits per heavy atom. The van der Waals surface area contributed by atoms with Crippen LogP contribution in [-0.4, -0.2) is 55.7 Å². The molecule has 10 heteroatoms. The van der Waals surface area contributed by atoms with Crippen LogP contribution in [0.15, 0.2) is 42.5 Å². The summed E-state index contributed by atoms with van der Waals surface area (Å²) >= 11 is 1.50. The first kappa shape index (κ1) is 23.6. The molecule has 0 saturated carbocycles. The molecule has 1 N–H and O–H groups in total. The van der Waals surface area contributed by atoms with Crippen molar-refractivity contribution in [2.24, 2.45) is 11.8 Å². The number of methoxy groups -OCH3 is 1. The normalized spacial score (nSPS) is 27.2. The number of amides is 2. The Bertz CT molecular complexity index is 1190. The zero-order valence-electron chi connectivity index (χ0n) is 19.3. The molecule has 3 aliphatic heterocycles. The summed E-state index contributed by atoms with van der Waals surface area (Å²) in [6.45, 7) is 0.758. The molecule has 0 aromatic heterocycles. The van der Waals surface area contributed by atoms with Crippen LogP contribution in [0.5, 0.6) is 11.5 Å². The third kappa shape index (κ3) is 3.66. The van der Waals surface area contributed by atoms with Crippen molar-refractivity contribution in [3.8, 4) is 11.5 Å². The van der Waals surface area contributed by atoms with Gasteiger partial charge in [0.1, 0.15) is 24.6 Å². The number of nitrogens with one attached hydrogen (secondary N) is 1. The van der Waals surface area contributed by atoms with E-state index in [1.54, 1.807) is 36.4 Å². The largest absolute Gasteiger partial charge is 0.486 e. The predicted molar refractivity (Wildman–Crippen MR) is 127 cm³/mol. The van der Waals surface area contributed by atoms with E-state index in [1.807, 2.05) is 6.26 Å². The smallest absolute Gasteiger partial charge is 0.326 e. The Labute approximate surface area is 206 Å². The summed E-state index contributed by atoms with van der Waals surface area (Å²) in [6.07, 6.45) is 2.12. The molecule has 2 fully saturated rings. The van der Waals surface area contributed by atoms with Crippen LogP contribution in [0.25, 0.3) is 0 Å². The van der Waals surface area contributed by atoms with Gasteiger partial charge in [0, 0.05) is 17.7 Å². The number of rotatable bonds is 6.